The highest BCUT2D eigenvalue weighted by Gasteiger charge is 2.10. The first kappa shape index (κ1) is 16.4. The molecule has 3 aromatic rings. The van der Waals surface area contributed by atoms with Gasteiger partial charge in [0.1, 0.15) is 17.2 Å². The zero-order chi connectivity index (χ0) is 17.8. The van der Waals surface area contributed by atoms with E-state index in [1.54, 1.807) is 25.1 Å². The maximum atomic E-state index is 12.3. The number of carbonyl (C=O) groups is 1. The molecule has 1 aromatic heterocycles. The molecule has 0 aliphatic carbocycles. The third-order valence-electron chi connectivity index (χ3n) is 3.75. The molecule has 0 saturated carbocycles. The number of ether oxygens (including phenoxy) is 1. The number of nitrogens with zero attached hydrogens (tertiary/aromatic N) is 2. The van der Waals surface area contributed by atoms with Crippen LogP contribution in [0.3, 0.4) is 0 Å². The quantitative estimate of drug-likeness (QED) is 0.567. The molecular weight excluding hydrogens is 318 g/mol. The van der Waals surface area contributed by atoms with Gasteiger partial charge in [-0.05, 0) is 37.3 Å². The fraction of sp³-hybridized carbons (Fsp3) is 0.105. The van der Waals surface area contributed by atoms with Gasteiger partial charge in [-0.1, -0.05) is 24.3 Å². The van der Waals surface area contributed by atoms with Crippen LogP contribution in [0.25, 0.3) is 10.9 Å². The van der Waals surface area contributed by atoms with Crippen molar-refractivity contribution >= 4 is 22.5 Å². The first-order chi connectivity index (χ1) is 12.1. The average Bonchev–Trinajstić information content (AvgIpc) is 2.65. The smallest absolute Gasteiger partial charge is 0.289 e. The number of carbonyl (C=O) groups excluding carboxylic acids is 1. The van der Waals surface area contributed by atoms with Crippen LogP contribution in [-0.2, 0) is 0 Å². The maximum absolute atomic E-state index is 12.3. The van der Waals surface area contributed by atoms with Gasteiger partial charge in [0.05, 0.1) is 18.3 Å². The average molecular weight is 335 g/mol. The van der Waals surface area contributed by atoms with E-state index in [2.05, 4.69) is 15.5 Å². The molecule has 0 bridgehead atoms. The zero-order valence-electron chi connectivity index (χ0n) is 13.9. The van der Waals surface area contributed by atoms with Crippen LogP contribution in [0.4, 0.5) is 0 Å². The monoisotopic (exact) mass is 335 g/mol. The lowest BCUT2D eigenvalue weighted by Crippen LogP contribution is -2.20. The lowest BCUT2D eigenvalue weighted by atomic mass is 10.1. The van der Waals surface area contributed by atoms with Gasteiger partial charge in [0.25, 0.3) is 5.91 Å². The second kappa shape index (κ2) is 7.00. The van der Waals surface area contributed by atoms with E-state index in [4.69, 9.17) is 4.74 Å². The van der Waals surface area contributed by atoms with Gasteiger partial charge >= 0.3 is 0 Å². The van der Waals surface area contributed by atoms with Crippen LogP contribution in [-0.4, -0.2) is 28.8 Å². The fourth-order valence-corrected chi connectivity index (χ4v) is 2.38. The Morgan fingerprint density at radius 3 is 2.76 bits per heavy atom. The molecule has 0 atom stereocenters. The third kappa shape index (κ3) is 3.58. The number of aromatic hydroxyl groups is 1. The van der Waals surface area contributed by atoms with Crippen molar-refractivity contribution in [1.82, 2.24) is 10.4 Å². The molecule has 2 N–H and O–H groups in total. The van der Waals surface area contributed by atoms with Gasteiger partial charge in [0.15, 0.2) is 0 Å². The van der Waals surface area contributed by atoms with Gasteiger partial charge in [0.2, 0.25) is 0 Å². The molecule has 126 valence electrons. The third-order valence-corrected chi connectivity index (χ3v) is 3.75. The minimum absolute atomic E-state index is 0.0557. The van der Waals surface area contributed by atoms with Crippen LogP contribution < -0.4 is 10.2 Å². The summed E-state index contributed by atoms with van der Waals surface area (Å²) in [4.78, 5) is 16.6. The largest absolute Gasteiger partial charge is 0.507 e. The van der Waals surface area contributed by atoms with E-state index in [0.29, 0.717) is 17.0 Å². The second-order valence-corrected chi connectivity index (χ2v) is 5.41. The molecule has 0 saturated heterocycles. The number of fused-ring (bicyclic) bond motifs is 1. The van der Waals surface area contributed by atoms with Crippen LogP contribution in [0, 0.1) is 0 Å². The van der Waals surface area contributed by atoms with E-state index in [9.17, 15) is 9.90 Å². The Bertz CT molecular complexity index is 967. The van der Waals surface area contributed by atoms with Gasteiger partial charge in [-0.25, -0.2) is 10.4 Å². The minimum atomic E-state index is -0.424. The number of methoxy groups -OCH3 is 1. The summed E-state index contributed by atoms with van der Waals surface area (Å²) >= 11 is 0. The van der Waals surface area contributed by atoms with Crippen LogP contribution in [0.2, 0.25) is 0 Å². The molecule has 0 spiro atoms. The van der Waals surface area contributed by atoms with E-state index in [1.165, 1.54) is 13.2 Å². The van der Waals surface area contributed by atoms with E-state index in [1.807, 2.05) is 30.3 Å². The van der Waals surface area contributed by atoms with Crippen LogP contribution in [0.5, 0.6) is 11.5 Å². The summed E-state index contributed by atoms with van der Waals surface area (Å²) in [6.07, 6.45) is 0. The molecule has 0 fully saturated rings. The number of phenolic OH excluding ortho intramolecular Hbond substituents is 1. The van der Waals surface area contributed by atoms with E-state index in [-0.39, 0.29) is 11.4 Å². The van der Waals surface area contributed by atoms with Gasteiger partial charge in [-0.2, -0.15) is 5.10 Å². The van der Waals surface area contributed by atoms with Crippen molar-refractivity contribution in [2.75, 3.05) is 7.11 Å². The summed E-state index contributed by atoms with van der Waals surface area (Å²) in [5.41, 5.74) is 4.39. The normalized spacial score (nSPS) is 11.4. The Balaban J connectivity index is 1.81. The summed E-state index contributed by atoms with van der Waals surface area (Å²) in [6.45, 7) is 1.68. The molecule has 25 heavy (non-hydrogen) atoms. The topological polar surface area (TPSA) is 83.8 Å². The van der Waals surface area contributed by atoms with Gasteiger partial charge in [0, 0.05) is 10.9 Å². The molecule has 2 aromatic carbocycles. The van der Waals surface area contributed by atoms with Crippen LogP contribution in [0.15, 0.2) is 59.7 Å². The predicted molar refractivity (Wildman–Crippen MR) is 96.1 cm³/mol. The van der Waals surface area contributed by atoms with Crippen molar-refractivity contribution < 1.29 is 14.6 Å². The van der Waals surface area contributed by atoms with Gasteiger partial charge < -0.3 is 9.84 Å². The van der Waals surface area contributed by atoms with Gasteiger partial charge in [-0.15, -0.1) is 0 Å². The minimum Gasteiger partial charge on any atom is -0.507 e. The fourth-order valence-electron chi connectivity index (χ4n) is 2.38. The standard InChI is InChI=1S/C19H17N3O3/c1-12(15-11-14(25-2)8-10-18(15)23)21-22-19(24)17-9-7-13-5-3-4-6-16(13)20-17/h3-11,23H,1-2H3,(H,22,24)/b21-12+. The highest BCUT2D eigenvalue weighted by Crippen LogP contribution is 2.23. The van der Waals surface area contributed by atoms with E-state index >= 15 is 0 Å². The SMILES string of the molecule is COc1ccc(O)c(/C(C)=N/NC(=O)c2ccc3ccccc3n2)c1. The number of amides is 1. The van der Waals surface area contributed by atoms with E-state index < -0.39 is 5.91 Å². The van der Waals surface area contributed by atoms with Crippen LogP contribution >= 0.6 is 0 Å². The molecule has 0 unspecified atom stereocenters. The number of nitrogens with one attached hydrogen (secondary N) is 1. The van der Waals surface area contributed by atoms with Crippen molar-refractivity contribution in [3.63, 3.8) is 0 Å². The highest BCUT2D eigenvalue weighted by molar-refractivity contribution is 6.02. The Labute approximate surface area is 144 Å². The van der Waals surface area contributed by atoms with Gasteiger partial charge in [-0.3, -0.25) is 4.79 Å². The van der Waals surface area contributed by atoms with Crippen molar-refractivity contribution in [3.05, 3.63) is 65.9 Å². The molecular formula is C19H17N3O3. The number of pyridine rings is 1. The Hall–Kier alpha value is -3.41. The van der Waals surface area contributed by atoms with Crippen molar-refractivity contribution in [2.24, 2.45) is 5.10 Å². The predicted octanol–water partition coefficient (Wildman–Crippen LogP) is 3.10. The number of hydrogen-bond acceptors (Lipinski definition) is 5. The maximum Gasteiger partial charge on any atom is 0.289 e. The summed E-state index contributed by atoms with van der Waals surface area (Å²) in [5, 5.41) is 14.9. The van der Waals surface area contributed by atoms with Crippen LogP contribution in [0.1, 0.15) is 23.0 Å². The van der Waals surface area contributed by atoms with Crippen molar-refractivity contribution in [3.8, 4) is 11.5 Å². The lowest BCUT2D eigenvalue weighted by molar-refractivity contribution is 0.0950. The first-order valence-electron chi connectivity index (χ1n) is 7.66. The molecule has 6 heteroatoms. The number of para-hydroxylation sites is 1. The molecule has 0 aliphatic rings. The molecule has 0 aliphatic heterocycles. The highest BCUT2D eigenvalue weighted by atomic mass is 16.5. The number of rotatable bonds is 4. The summed E-state index contributed by atoms with van der Waals surface area (Å²) in [5.74, 6) is 0.220. The van der Waals surface area contributed by atoms with Crippen molar-refractivity contribution in [1.29, 1.82) is 0 Å². The molecule has 0 radical (unpaired) electrons. The number of benzene rings is 2. The second-order valence-electron chi connectivity index (χ2n) is 5.41. The van der Waals surface area contributed by atoms with E-state index in [0.717, 1.165) is 10.9 Å². The number of hydrazone groups is 1. The number of hydrogen-bond donors (Lipinski definition) is 2. The number of phenols is 1. The van der Waals surface area contributed by atoms with Crippen molar-refractivity contribution in [2.45, 2.75) is 6.92 Å². The molecule has 6 nitrogen and oxygen atoms in total. The first-order valence-corrected chi connectivity index (χ1v) is 7.66. The Morgan fingerprint density at radius 1 is 1.16 bits per heavy atom. The zero-order valence-corrected chi connectivity index (χ0v) is 13.9. The molecule has 1 amide bonds. The molecule has 1 heterocycles. The summed E-state index contributed by atoms with van der Waals surface area (Å²) in [7, 11) is 1.54. The Kier molecular flexibility index (Phi) is 4.61. The summed E-state index contributed by atoms with van der Waals surface area (Å²) in [6, 6.07) is 15.8. The lowest BCUT2D eigenvalue weighted by Gasteiger charge is -2.07. The Morgan fingerprint density at radius 2 is 1.96 bits per heavy atom. The summed E-state index contributed by atoms with van der Waals surface area (Å²) < 4.78 is 5.13. The number of aromatic nitrogens is 1. The molecule has 3 rings (SSSR count).